The molecule has 0 aromatic heterocycles. The van der Waals surface area contributed by atoms with Crippen LogP contribution in [0.2, 0.25) is 0 Å². The molecule has 0 spiro atoms. The lowest BCUT2D eigenvalue weighted by Crippen LogP contribution is -2.20. The highest BCUT2D eigenvalue weighted by Crippen LogP contribution is 2.13. The Kier molecular flexibility index (Phi) is 4.83. The molecule has 0 fully saturated rings. The Morgan fingerprint density at radius 3 is 2.53 bits per heavy atom. The predicted molar refractivity (Wildman–Crippen MR) is 67.1 cm³/mol. The third-order valence-corrected chi connectivity index (χ3v) is 2.71. The first kappa shape index (κ1) is 12.3. The molecule has 84 valence electrons. The van der Waals surface area contributed by atoms with Gasteiger partial charge >= 0.3 is 0 Å². The van der Waals surface area contributed by atoms with Crippen molar-refractivity contribution >= 4 is 0 Å². The molecule has 1 heteroatoms. The molecule has 0 saturated carbocycles. The molecule has 0 unspecified atom stereocenters. The van der Waals surface area contributed by atoms with E-state index in [2.05, 4.69) is 57.3 Å². The molecule has 1 nitrogen and oxygen atoms in total. The highest BCUT2D eigenvalue weighted by atomic mass is 14.9. The van der Waals surface area contributed by atoms with Crippen LogP contribution in [0.15, 0.2) is 24.3 Å². The number of hydrogen-bond donors (Lipinski definition) is 1. The Morgan fingerprint density at radius 2 is 1.93 bits per heavy atom. The molecule has 0 aliphatic rings. The monoisotopic (exact) mass is 205 g/mol. The highest BCUT2D eigenvalue weighted by molar-refractivity contribution is 5.24. The fourth-order valence-electron chi connectivity index (χ4n) is 1.65. The molecule has 15 heavy (non-hydrogen) atoms. The van der Waals surface area contributed by atoms with Crippen molar-refractivity contribution < 1.29 is 0 Å². The molecule has 0 saturated heterocycles. The maximum atomic E-state index is 3.56. The SMILES string of the molecule is Cc1cccc([C@H](C)NCCC(C)C)c1. The molecule has 0 amide bonds. The summed E-state index contributed by atoms with van der Waals surface area (Å²) >= 11 is 0. The smallest absolute Gasteiger partial charge is 0.0291 e. The van der Waals surface area contributed by atoms with E-state index in [-0.39, 0.29) is 0 Å². The standard InChI is InChI=1S/C14H23N/c1-11(2)8-9-15-13(4)14-7-5-6-12(3)10-14/h5-7,10-11,13,15H,8-9H2,1-4H3/t13-/m0/s1. The molecule has 0 aliphatic carbocycles. The molecule has 0 aliphatic heterocycles. The number of nitrogens with one attached hydrogen (secondary N) is 1. The topological polar surface area (TPSA) is 12.0 Å². The van der Waals surface area contributed by atoms with Crippen LogP contribution in [-0.4, -0.2) is 6.54 Å². The summed E-state index contributed by atoms with van der Waals surface area (Å²) in [4.78, 5) is 0. The second kappa shape index (κ2) is 5.92. The Hall–Kier alpha value is -0.820. The van der Waals surface area contributed by atoms with Crippen molar-refractivity contribution in [2.45, 2.75) is 40.2 Å². The first-order valence-electron chi connectivity index (χ1n) is 5.89. The zero-order valence-corrected chi connectivity index (χ0v) is 10.4. The minimum atomic E-state index is 0.462. The Morgan fingerprint density at radius 1 is 1.20 bits per heavy atom. The van der Waals surface area contributed by atoms with Gasteiger partial charge in [0.05, 0.1) is 0 Å². The third-order valence-electron chi connectivity index (χ3n) is 2.71. The van der Waals surface area contributed by atoms with Crippen molar-refractivity contribution in [2.24, 2.45) is 5.92 Å². The lowest BCUT2D eigenvalue weighted by Gasteiger charge is -2.15. The number of hydrogen-bond acceptors (Lipinski definition) is 1. The van der Waals surface area contributed by atoms with Gasteiger partial charge in [-0.3, -0.25) is 0 Å². The van der Waals surface area contributed by atoms with E-state index in [9.17, 15) is 0 Å². The summed E-state index contributed by atoms with van der Waals surface area (Å²) in [6, 6.07) is 9.19. The van der Waals surface area contributed by atoms with E-state index < -0.39 is 0 Å². The lowest BCUT2D eigenvalue weighted by molar-refractivity contribution is 0.497. The molecule has 1 N–H and O–H groups in total. The average molecular weight is 205 g/mol. The average Bonchev–Trinajstić information content (AvgIpc) is 2.17. The fraction of sp³-hybridized carbons (Fsp3) is 0.571. The van der Waals surface area contributed by atoms with Gasteiger partial charge in [0, 0.05) is 6.04 Å². The van der Waals surface area contributed by atoms with Crippen molar-refractivity contribution in [1.82, 2.24) is 5.32 Å². The normalized spacial score (nSPS) is 13.1. The van der Waals surface area contributed by atoms with Crippen LogP contribution in [0, 0.1) is 12.8 Å². The number of benzene rings is 1. The van der Waals surface area contributed by atoms with Gasteiger partial charge in [0.15, 0.2) is 0 Å². The molecule has 1 atom stereocenters. The van der Waals surface area contributed by atoms with Gasteiger partial charge in [-0.05, 0) is 38.3 Å². The summed E-state index contributed by atoms with van der Waals surface area (Å²) in [5, 5.41) is 3.56. The third kappa shape index (κ3) is 4.48. The quantitative estimate of drug-likeness (QED) is 0.773. The molecular weight excluding hydrogens is 182 g/mol. The van der Waals surface area contributed by atoms with Crippen molar-refractivity contribution in [3.63, 3.8) is 0 Å². The number of rotatable bonds is 5. The van der Waals surface area contributed by atoms with Crippen LogP contribution in [0.1, 0.15) is 44.4 Å². The summed E-state index contributed by atoms with van der Waals surface area (Å²) in [6.45, 7) is 10.0. The van der Waals surface area contributed by atoms with Gasteiger partial charge in [-0.25, -0.2) is 0 Å². The summed E-state index contributed by atoms with van der Waals surface area (Å²) in [7, 11) is 0. The van der Waals surface area contributed by atoms with E-state index in [1.54, 1.807) is 0 Å². The number of aryl methyl sites for hydroxylation is 1. The molecule has 0 bridgehead atoms. The highest BCUT2D eigenvalue weighted by Gasteiger charge is 2.04. The van der Waals surface area contributed by atoms with Gasteiger partial charge in [-0.15, -0.1) is 0 Å². The van der Waals surface area contributed by atoms with Gasteiger partial charge in [0.1, 0.15) is 0 Å². The van der Waals surface area contributed by atoms with Crippen molar-refractivity contribution in [1.29, 1.82) is 0 Å². The van der Waals surface area contributed by atoms with Crippen LogP contribution in [0.5, 0.6) is 0 Å². The van der Waals surface area contributed by atoms with Gasteiger partial charge in [-0.1, -0.05) is 43.7 Å². The van der Waals surface area contributed by atoms with Crippen LogP contribution in [0.4, 0.5) is 0 Å². The summed E-state index contributed by atoms with van der Waals surface area (Å²) in [5.41, 5.74) is 2.73. The van der Waals surface area contributed by atoms with Crippen molar-refractivity contribution in [3.05, 3.63) is 35.4 Å². The maximum absolute atomic E-state index is 3.56. The molecular formula is C14H23N. The van der Waals surface area contributed by atoms with E-state index in [0.29, 0.717) is 6.04 Å². The van der Waals surface area contributed by atoms with Crippen molar-refractivity contribution in [2.75, 3.05) is 6.54 Å². The van der Waals surface area contributed by atoms with E-state index in [1.807, 2.05) is 0 Å². The Bertz CT molecular complexity index is 291. The lowest BCUT2D eigenvalue weighted by atomic mass is 10.1. The van der Waals surface area contributed by atoms with Crippen LogP contribution >= 0.6 is 0 Å². The Balaban J connectivity index is 2.43. The molecule has 0 heterocycles. The van der Waals surface area contributed by atoms with Gasteiger partial charge < -0.3 is 5.32 Å². The van der Waals surface area contributed by atoms with Crippen LogP contribution < -0.4 is 5.32 Å². The van der Waals surface area contributed by atoms with Gasteiger partial charge in [0.25, 0.3) is 0 Å². The van der Waals surface area contributed by atoms with Gasteiger partial charge in [-0.2, -0.15) is 0 Å². The minimum absolute atomic E-state index is 0.462. The second-order valence-corrected chi connectivity index (χ2v) is 4.77. The Labute approximate surface area is 93.9 Å². The van der Waals surface area contributed by atoms with Crippen LogP contribution in [0.25, 0.3) is 0 Å². The second-order valence-electron chi connectivity index (χ2n) is 4.77. The molecule has 0 radical (unpaired) electrons. The summed E-state index contributed by atoms with van der Waals surface area (Å²) < 4.78 is 0. The minimum Gasteiger partial charge on any atom is -0.310 e. The van der Waals surface area contributed by atoms with Crippen LogP contribution in [0.3, 0.4) is 0 Å². The predicted octanol–water partition coefficient (Wildman–Crippen LogP) is 3.69. The van der Waals surface area contributed by atoms with E-state index in [4.69, 9.17) is 0 Å². The fourth-order valence-corrected chi connectivity index (χ4v) is 1.65. The first-order chi connectivity index (χ1) is 7.09. The van der Waals surface area contributed by atoms with Gasteiger partial charge in [0.2, 0.25) is 0 Å². The first-order valence-corrected chi connectivity index (χ1v) is 5.89. The maximum Gasteiger partial charge on any atom is 0.0291 e. The summed E-state index contributed by atoms with van der Waals surface area (Å²) in [5.74, 6) is 0.780. The largest absolute Gasteiger partial charge is 0.310 e. The van der Waals surface area contributed by atoms with E-state index in [0.717, 1.165) is 12.5 Å². The van der Waals surface area contributed by atoms with Crippen LogP contribution in [-0.2, 0) is 0 Å². The zero-order chi connectivity index (χ0) is 11.3. The molecule has 1 aromatic carbocycles. The van der Waals surface area contributed by atoms with Crippen molar-refractivity contribution in [3.8, 4) is 0 Å². The molecule has 1 aromatic rings. The molecule has 1 rings (SSSR count). The zero-order valence-electron chi connectivity index (χ0n) is 10.4. The summed E-state index contributed by atoms with van der Waals surface area (Å²) in [6.07, 6.45) is 1.25. The van der Waals surface area contributed by atoms with E-state index >= 15 is 0 Å². The van der Waals surface area contributed by atoms with E-state index in [1.165, 1.54) is 17.5 Å².